The summed E-state index contributed by atoms with van der Waals surface area (Å²) >= 11 is 15.5. The summed E-state index contributed by atoms with van der Waals surface area (Å²) in [5.74, 6) is 1.69. The Morgan fingerprint density at radius 1 is 1.29 bits per heavy atom. The number of benzene rings is 1. The third-order valence-electron chi connectivity index (χ3n) is 3.23. The van der Waals surface area contributed by atoms with Crippen LogP contribution in [0.15, 0.2) is 22.7 Å². The number of hydrogen-bond acceptors (Lipinski definition) is 4. The summed E-state index contributed by atoms with van der Waals surface area (Å²) in [4.78, 5) is 4.15. The van der Waals surface area contributed by atoms with Crippen LogP contribution in [0, 0.1) is 0 Å². The molecule has 1 aromatic heterocycles. The van der Waals surface area contributed by atoms with Gasteiger partial charge in [-0.2, -0.15) is 0 Å². The van der Waals surface area contributed by atoms with Crippen molar-refractivity contribution >= 4 is 50.8 Å². The minimum atomic E-state index is 0.249. The number of anilines is 2. The van der Waals surface area contributed by atoms with E-state index in [0.717, 1.165) is 22.2 Å². The fourth-order valence-corrected chi connectivity index (χ4v) is 3.24. The van der Waals surface area contributed by atoms with Crippen LogP contribution in [-0.4, -0.2) is 11.6 Å². The van der Waals surface area contributed by atoms with E-state index in [2.05, 4.69) is 32.3 Å². The van der Waals surface area contributed by atoms with Crippen LogP contribution in [0.4, 0.5) is 11.6 Å². The van der Waals surface area contributed by atoms with Crippen LogP contribution in [0.1, 0.15) is 11.1 Å². The second-order valence-electron chi connectivity index (χ2n) is 4.69. The average molecular weight is 389 g/mol. The van der Waals surface area contributed by atoms with Gasteiger partial charge in [-0.15, -0.1) is 0 Å². The molecule has 110 valence electrons. The van der Waals surface area contributed by atoms with Crippen molar-refractivity contribution in [1.29, 1.82) is 0 Å². The van der Waals surface area contributed by atoms with E-state index in [1.807, 2.05) is 6.07 Å². The van der Waals surface area contributed by atoms with Crippen LogP contribution < -0.4 is 15.8 Å². The van der Waals surface area contributed by atoms with Crippen LogP contribution >= 0.6 is 39.1 Å². The van der Waals surface area contributed by atoms with Crippen molar-refractivity contribution in [1.82, 2.24) is 4.98 Å². The van der Waals surface area contributed by atoms with Gasteiger partial charge in [0.15, 0.2) is 0 Å². The first-order valence-electron chi connectivity index (χ1n) is 6.34. The van der Waals surface area contributed by atoms with Crippen molar-refractivity contribution in [2.24, 2.45) is 0 Å². The Morgan fingerprint density at radius 2 is 2.10 bits per heavy atom. The molecule has 0 amide bonds. The molecule has 0 radical (unpaired) electrons. The predicted octanol–water partition coefficient (Wildman–Crippen LogP) is 4.28. The second-order valence-corrected chi connectivity index (χ2v) is 6.42. The van der Waals surface area contributed by atoms with E-state index in [1.165, 1.54) is 5.56 Å². The van der Waals surface area contributed by atoms with Gasteiger partial charge in [0.2, 0.25) is 0 Å². The number of fused-ring (bicyclic) bond motifs is 1. The molecule has 1 aliphatic heterocycles. The van der Waals surface area contributed by atoms with E-state index < -0.39 is 0 Å². The van der Waals surface area contributed by atoms with Crippen LogP contribution in [0.25, 0.3) is 0 Å². The number of halogens is 3. The van der Waals surface area contributed by atoms with Crippen LogP contribution in [-0.2, 0) is 13.0 Å². The van der Waals surface area contributed by atoms with E-state index in [-0.39, 0.29) is 5.82 Å². The molecule has 1 aliphatic rings. The van der Waals surface area contributed by atoms with Crippen molar-refractivity contribution in [3.63, 3.8) is 0 Å². The largest absolute Gasteiger partial charge is 0.493 e. The lowest BCUT2D eigenvalue weighted by molar-refractivity contribution is 0.354. The molecule has 0 saturated heterocycles. The maximum absolute atomic E-state index is 6.11. The first kappa shape index (κ1) is 14.8. The van der Waals surface area contributed by atoms with Crippen LogP contribution in [0.2, 0.25) is 10.0 Å². The van der Waals surface area contributed by atoms with Crippen molar-refractivity contribution < 1.29 is 4.74 Å². The molecule has 2 aromatic rings. The highest BCUT2D eigenvalue weighted by Crippen LogP contribution is 2.34. The van der Waals surface area contributed by atoms with Gasteiger partial charge in [-0.1, -0.05) is 39.1 Å². The van der Waals surface area contributed by atoms with Crippen molar-refractivity contribution in [3.05, 3.63) is 43.8 Å². The van der Waals surface area contributed by atoms with Crippen LogP contribution in [0.5, 0.6) is 5.75 Å². The Bertz CT molecular complexity index is 709. The van der Waals surface area contributed by atoms with Crippen LogP contribution in [0.3, 0.4) is 0 Å². The van der Waals surface area contributed by atoms with Gasteiger partial charge in [-0.05, 0) is 23.8 Å². The number of rotatable bonds is 3. The molecule has 0 bridgehead atoms. The number of ether oxygens (including phenoxy) is 1. The van der Waals surface area contributed by atoms with Gasteiger partial charge < -0.3 is 15.8 Å². The summed E-state index contributed by atoms with van der Waals surface area (Å²) in [6.45, 7) is 1.25. The summed E-state index contributed by atoms with van der Waals surface area (Å²) < 4.78 is 6.71. The molecule has 0 spiro atoms. The molecule has 0 atom stereocenters. The highest BCUT2D eigenvalue weighted by molar-refractivity contribution is 9.10. The minimum Gasteiger partial charge on any atom is -0.493 e. The third-order valence-corrected chi connectivity index (χ3v) is 4.28. The Balaban J connectivity index is 1.84. The fraction of sp³-hybridized carbons (Fsp3) is 0.214. The molecule has 3 N–H and O–H groups in total. The number of hydrogen-bond donors (Lipinski definition) is 2. The van der Waals surface area contributed by atoms with E-state index >= 15 is 0 Å². The van der Waals surface area contributed by atoms with Gasteiger partial charge in [0.25, 0.3) is 0 Å². The maximum Gasteiger partial charge on any atom is 0.147 e. The van der Waals surface area contributed by atoms with Gasteiger partial charge in [0, 0.05) is 23.0 Å². The number of nitrogens with one attached hydrogen (secondary N) is 1. The van der Waals surface area contributed by atoms with E-state index in [0.29, 0.717) is 29.0 Å². The van der Waals surface area contributed by atoms with E-state index in [1.54, 1.807) is 6.07 Å². The molecular formula is C14H12BrCl2N3O. The zero-order chi connectivity index (χ0) is 15.0. The average Bonchev–Trinajstić information content (AvgIpc) is 2.89. The smallest absolute Gasteiger partial charge is 0.147 e. The summed E-state index contributed by atoms with van der Waals surface area (Å²) in [6.07, 6.45) is 0.925. The van der Waals surface area contributed by atoms with Crippen molar-refractivity contribution in [3.8, 4) is 5.75 Å². The maximum atomic E-state index is 6.11. The molecule has 0 saturated carbocycles. The number of pyridine rings is 1. The van der Waals surface area contributed by atoms with E-state index in [4.69, 9.17) is 33.7 Å². The molecule has 1 aromatic carbocycles. The highest BCUT2D eigenvalue weighted by Gasteiger charge is 2.17. The molecule has 0 unspecified atom stereocenters. The fourth-order valence-electron chi connectivity index (χ4n) is 2.26. The van der Waals surface area contributed by atoms with Crippen molar-refractivity contribution in [2.75, 3.05) is 17.7 Å². The summed E-state index contributed by atoms with van der Waals surface area (Å²) in [7, 11) is 0. The zero-order valence-electron chi connectivity index (χ0n) is 10.9. The first-order chi connectivity index (χ1) is 10.0. The number of nitrogen functional groups attached to an aromatic ring is 1. The topological polar surface area (TPSA) is 60.2 Å². The highest BCUT2D eigenvalue weighted by atomic mass is 79.9. The Hall–Kier alpha value is -1.17. The lowest BCUT2D eigenvalue weighted by Crippen LogP contribution is -2.05. The Kier molecular flexibility index (Phi) is 4.15. The summed E-state index contributed by atoms with van der Waals surface area (Å²) in [5.41, 5.74) is 7.95. The summed E-state index contributed by atoms with van der Waals surface area (Å²) in [5, 5.41) is 3.95. The molecule has 2 heterocycles. The van der Waals surface area contributed by atoms with E-state index in [9.17, 15) is 0 Å². The standard InChI is InChI=1S/C14H12BrCl2N3O/c15-9-3-7-1-2-21-12(7)8(4-9)6-19-14-11(17)5-10(16)13(18)20-14/h3-5H,1-2,6H2,(H3,18,19,20). The quantitative estimate of drug-likeness (QED) is 0.823. The van der Waals surface area contributed by atoms with Gasteiger partial charge in [0.05, 0.1) is 16.7 Å². The minimum absolute atomic E-state index is 0.249. The lowest BCUT2D eigenvalue weighted by atomic mass is 10.1. The molecule has 21 heavy (non-hydrogen) atoms. The molecule has 7 heteroatoms. The monoisotopic (exact) mass is 387 g/mol. The molecule has 4 nitrogen and oxygen atoms in total. The molecular weight excluding hydrogens is 377 g/mol. The molecule has 3 rings (SSSR count). The van der Waals surface area contributed by atoms with Gasteiger partial charge in [-0.3, -0.25) is 0 Å². The zero-order valence-corrected chi connectivity index (χ0v) is 14.0. The Labute approximate surface area is 140 Å². The Morgan fingerprint density at radius 3 is 2.90 bits per heavy atom. The first-order valence-corrected chi connectivity index (χ1v) is 7.89. The molecule has 0 fully saturated rings. The van der Waals surface area contributed by atoms with Gasteiger partial charge >= 0.3 is 0 Å². The number of nitrogens with zero attached hydrogens (tertiary/aromatic N) is 1. The second kappa shape index (κ2) is 5.91. The SMILES string of the molecule is Nc1nc(NCc2cc(Br)cc3c2OCC3)c(Cl)cc1Cl. The summed E-state index contributed by atoms with van der Waals surface area (Å²) in [6, 6.07) is 5.68. The third kappa shape index (κ3) is 3.05. The molecule has 0 aliphatic carbocycles. The number of aromatic nitrogens is 1. The number of nitrogens with two attached hydrogens (primary N) is 1. The predicted molar refractivity (Wildman–Crippen MR) is 89.3 cm³/mol. The normalized spacial score (nSPS) is 12.9. The lowest BCUT2D eigenvalue weighted by Gasteiger charge is -2.12. The van der Waals surface area contributed by atoms with Gasteiger partial charge in [-0.25, -0.2) is 4.98 Å². The van der Waals surface area contributed by atoms with Gasteiger partial charge in [0.1, 0.15) is 17.4 Å². The van der Waals surface area contributed by atoms with Crippen molar-refractivity contribution in [2.45, 2.75) is 13.0 Å².